The van der Waals surface area contributed by atoms with Gasteiger partial charge in [0.2, 0.25) is 0 Å². The number of hydrogen-bond donors (Lipinski definition) is 0. The molecule has 7 heteroatoms. The van der Waals surface area contributed by atoms with Gasteiger partial charge < -0.3 is 4.90 Å². The zero-order valence-corrected chi connectivity index (χ0v) is 13.8. The lowest BCUT2D eigenvalue weighted by atomic mass is 10.0. The van der Waals surface area contributed by atoms with Crippen LogP contribution in [0.1, 0.15) is 16.2 Å². The van der Waals surface area contributed by atoms with Crippen LogP contribution in [0.3, 0.4) is 0 Å². The summed E-state index contributed by atoms with van der Waals surface area (Å²) in [6.07, 6.45) is 1.65. The van der Waals surface area contributed by atoms with E-state index in [2.05, 4.69) is 15.5 Å². The Balaban J connectivity index is 2.08. The Morgan fingerprint density at radius 1 is 1.08 bits per heavy atom. The quantitative estimate of drug-likeness (QED) is 0.529. The van der Waals surface area contributed by atoms with E-state index in [0.717, 1.165) is 5.69 Å². The number of halogens is 1. The van der Waals surface area contributed by atoms with Crippen LogP contribution in [-0.4, -0.2) is 45.0 Å². The second-order valence-corrected chi connectivity index (χ2v) is 5.59. The lowest BCUT2D eigenvalue weighted by molar-refractivity contribution is 0.105. The summed E-state index contributed by atoms with van der Waals surface area (Å²) in [5, 5.41) is 11.7. The Morgan fingerprint density at radius 2 is 1.76 bits per heavy atom. The maximum atomic E-state index is 13.1. The summed E-state index contributed by atoms with van der Waals surface area (Å²) >= 11 is 0. The van der Waals surface area contributed by atoms with Gasteiger partial charge in [0, 0.05) is 25.9 Å². The fourth-order valence-corrected chi connectivity index (χ4v) is 2.33. The molecule has 0 unspecified atom stereocenters. The average Bonchev–Trinajstić information content (AvgIpc) is 3.10. The number of ketones is 1. The number of rotatable bonds is 5. The van der Waals surface area contributed by atoms with E-state index in [1.54, 1.807) is 25.2 Å². The molecule has 25 heavy (non-hydrogen) atoms. The number of aromatic nitrogens is 4. The smallest absolute Gasteiger partial charge is 0.198 e. The number of para-hydroxylation sites is 1. The monoisotopic (exact) mass is 337 g/mol. The van der Waals surface area contributed by atoms with Crippen molar-refractivity contribution in [2.75, 3.05) is 14.1 Å². The number of benzene rings is 2. The second kappa shape index (κ2) is 7.04. The largest absolute Gasteiger partial charge is 0.383 e. The minimum Gasteiger partial charge on any atom is -0.383 e. The van der Waals surface area contributed by atoms with Gasteiger partial charge in [-0.25, -0.2) is 4.39 Å². The molecule has 0 saturated heterocycles. The van der Waals surface area contributed by atoms with Gasteiger partial charge in [-0.05, 0) is 46.8 Å². The Labute approximate surface area is 144 Å². The average molecular weight is 337 g/mol. The molecule has 2 aromatic carbocycles. The minimum absolute atomic E-state index is 0.291. The SMILES string of the molecule is CN(C)/C=C(\C(=O)c1ccc(F)cc1)c1nnnn1-c1ccccc1. The van der Waals surface area contributed by atoms with Crippen molar-refractivity contribution in [3.8, 4) is 5.69 Å². The lowest BCUT2D eigenvalue weighted by Crippen LogP contribution is -2.13. The van der Waals surface area contributed by atoms with Crippen LogP contribution in [0.4, 0.5) is 4.39 Å². The van der Waals surface area contributed by atoms with E-state index < -0.39 is 5.82 Å². The van der Waals surface area contributed by atoms with Gasteiger partial charge in [-0.15, -0.1) is 5.10 Å². The molecule has 0 aliphatic heterocycles. The third kappa shape index (κ3) is 3.60. The van der Waals surface area contributed by atoms with Crippen molar-refractivity contribution in [3.63, 3.8) is 0 Å². The summed E-state index contributed by atoms with van der Waals surface area (Å²) in [4.78, 5) is 14.7. The topological polar surface area (TPSA) is 63.9 Å². The predicted octanol–water partition coefficient (Wildman–Crippen LogP) is 2.59. The first-order chi connectivity index (χ1) is 12.1. The first-order valence-corrected chi connectivity index (χ1v) is 7.59. The number of allylic oxidation sites excluding steroid dienone is 1. The standard InChI is InChI=1S/C18H16FN5O/c1-23(2)12-16(17(25)13-8-10-14(19)11-9-13)18-20-21-22-24(18)15-6-4-3-5-7-15/h3-12H,1-2H3/b16-12+. The number of carbonyl (C=O) groups excluding carboxylic acids is 1. The van der Waals surface area contributed by atoms with Crippen LogP contribution in [0.5, 0.6) is 0 Å². The van der Waals surface area contributed by atoms with Gasteiger partial charge in [0.1, 0.15) is 5.82 Å². The van der Waals surface area contributed by atoms with Crippen LogP contribution < -0.4 is 0 Å². The summed E-state index contributed by atoms with van der Waals surface area (Å²) in [6.45, 7) is 0. The molecule has 0 spiro atoms. The van der Waals surface area contributed by atoms with Gasteiger partial charge in [0.15, 0.2) is 11.6 Å². The van der Waals surface area contributed by atoms with E-state index in [-0.39, 0.29) is 5.78 Å². The number of tetrazole rings is 1. The molecular formula is C18H16FN5O. The number of hydrogen-bond acceptors (Lipinski definition) is 5. The highest BCUT2D eigenvalue weighted by Gasteiger charge is 2.22. The van der Waals surface area contributed by atoms with Crippen molar-refractivity contribution >= 4 is 11.4 Å². The summed E-state index contributed by atoms with van der Waals surface area (Å²) in [7, 11) is 3.60. The van der Waals surface area contributed by atoms with Gasteiger partial charge in [-0.2, -0.15) is 4.68 Å². The van der Waals surface area contributed by atoms with Gasteiger partial charge in [0.05, 0.1) is 11.3 Å². The summed E-state index contributed by atoms with van der Waals surface area (Å²) in [5.74, 6) is -0.376. The van der Waals surface area contributed by atoms with E-state index in [9.17, 15) is 9.18 Å². The molecule has 0 amide bonds. The Hall–Kier alpha value is -3.35. The van der Waals surface area contributed by atoms with Gasteiger partial charge in [-0.3, -0.25) is 4.79 Å². The van der Waals surface area contributed by atoms with Crippen molar-refractivity contribution in [3.05, 3.63) is 78.0 Å². The van der Waals surface area contributed by atoms with Gasteiger partial charge in [-0.1, -0.05) is 18.2 Å². The molecule has 1 heterocycles. The third-order valence-electron chi connectivity index (χ3n) is 3.45. The summed E-state index contributed by atoms with van der Waals surface area (Å²) < 4.78 is 14.6. The molecule has 0 aliphatic carbocycles. The molecule has 0 aliphatic rings. The molecule has 0 saturated carbocycles. The Kier molecular flexibility index (Phi) is 4.65. The van der Waals surface area contributed by atoms with Crippen molar-refractivity contribution in [2.45, 2.75) is 0 Å². The molecule has 0 radical (unpaired) electrons. The van der Waals surface area contributed by atoms with E-state index in [4.69, 9.17) is 0 Å². The zero-order valence-electron chi connectivity index (χ0n) is 13.8. The minimum atomic E-state index is -0.399. The molecule has 0 bridgehead atoms. The van der Waals surface area contributed by atoms with Crippen molar-refractivity contribution in [2.24, 2.45) is 0 Å². The van der Waals surface area contributed by atoms with Crippen molar-refractivity contribution < 1.29 is 9.18 Å². The maximum Gasteiger partial charge on any atom is 0.198 e. The van der Waals surface area contributed by atoms with Crippen LogP contribution in [0.15, 0.2) is 60.8 Å². The number of Topliss-reactive ketones (excluding diaryl/α,β-unsaturated/α-hetero) is 1. The second-order valence-electron chi connectivity index (χ2n) is 5.59. The molecule has 3 rings (SSSR count). The Bertz CT molecular complexity index is 901. The molecule has 126 valence electrons. The molecule has 1 aromatic heterocycles. The maximum absolute atomic E-state index is 13.1. The van der Waals surface area contributed by atoms with Crippen molar-refractivity contribution in [1.29, 1.82) is 0 Å². The van der Waals surface area contributed by atoms with E-state index >= 15 is 0 Å². The van der Waals surface area contributed by atoms with Gasteiger partial charge in [0.25, 0.3) is 0 Å². The van der Waals surface area contributed by atoms with E-state index in [0.29, 0.717) is 17.0 Å². The highest BCUT2D eigenvalue weighted by Crippen LogP contribution is 2.21. The van der Waals surface area contributed by atoms with Crippen molar-refractivity contribution in [1.82, 2.24) is 25.1 Å². The molecule has 3 aromatic rings. The molecular weight excluding hydrogens is 321 g/mol. The zero-order chi connectivity index (χ0) is 17.8. The normalized spacial score (nSPS) is 11.4. The molecule has 0 N–H and O–H groups in total. The van der Waals surface area contributed by atoms with Crippen LogP contribution in [-0.2, 0) is 0 Å². The first kappa shape index (κ1) is 16.5. The van der Waals surface area contributed by atoms with E-state index in [1.807, 2.05) is 30.3 Å². The summed E-state index contributed by atoms with van der Waals surface area (Å²) in [6, 6.07) is 14.7. The molecule has 6 nitrogen and oxygen atoms in total. The Morgan fingerprint density at radius 3 is 2.40 bits per heavy atom. The molecule has 0 atom stereocenters. The highest BCUT2D eigenvalue weighted by atomic mass is 19.1. The highest BCUT2D eigenvalue weighted by molar-refractivity contribution is 6.28. The van der Waals surface area contributed by atoms with Gasteiger partial charge >= 0.3 is 0 Å². The fourth-order valence-electron chi connectivity index (χ4n) is 2.33. The first-order valence-electron chi connectivity index (χ1n) is 7.59. The van der Waals surface area contributed by atoms with E-state index in [1.165, 1.54) is 28.9 Å². The van der Waals surface area contributed by atoms with Crippen LogP contribution in [0, 0.1) is 5.82 Å². The van der Waals surface area contributed by atoms with Crippen LogP contribution in [0.25, 0.3) is 11.3 Å². The molecule has 0 fully saturated rings. The number of carbonyl (C=O) groups is 1. The lowest BCUT2D eigenvalue weighted by Gasteiger charge is -2.11. The fraction of sp³-hybridized carbons (Fsp3) is 0.111. The third-order valence-corrected chi connectivity index (χ3v) is 3.45. The summed E-state index contributed by atoms with van der Waals surface area (Å²) in [5.41, 5.74) is 1.40. The van der Waals surface area contributed by atoms with Crippen LogP contribution in [0.2, 0.25) is 0 Å². The number of nitrogens with zero attached hydrogens (tertiary/aromatic N) is 5. The predicted molar refractivity (Wildman–Crippen MR) is 91.5 cm³/mol. The van der Waals surface area contributed by atoms with Crippen LogP contribution >= 0.6 is 0 Å².